The molecule has 8 heteroatoms. The van der Waals surface area contributed by atoms with Gasteiger partial charge in [-0.15, -0.1) is 0 Å². The number of ketones is 1. The van der Waals surface area contributed by atoms with E-state index in [1.807, 2.05) is 19.1 Å². The molecule has 0 bridgehead atoms. The number of ether oxygens (including phenoxy) is 3. The Bertz CT molecular complexity index is 1290. The zero-order valence-electron chi connectivity index (χ0n) is 20.1. The molecule has 7 nitrogen and oxygen atoms in total. The third-order valence-electron chi connectivity index (χ3n) is 6.64. The molecule has 1 atom stereocenters. The number of hydrogen-bond donors (Lipinski definition) is 2. The summed E-state index contributed by atoms with van der Waals surface area (Å²) in [6.07, 6.45) is 1.13. The predicted octanol–water partition coefficient (Wildman–Crippen LogP) is 5.43. The van der Waals surface area contributed by atoms with Crippen LogP contribution in [0, 0.1) is 5.41 Å². The van der Waals surface area contributed by atoms with E-state index in [0.717, 1.165) is 27.9 Å². The smallest absolute Gasteiger partial charge is 0.254 e. The number of rotatable bonds is 4. The number of carbonyl (C=O) groups is 2. The topological polar surface area (TPSA) is 85.9 Å². The summed E-state index contributed by atoms with van der Waals surface area (Å²) in [5.74, 6) is 1.13. The molecule has 2 N–H and O–H groups in total. The number of Topliss-reactive ketones (excluding diaryl/α,β-unsaturated/α-hetero) is 1. The highest BCUT2D eigenvalue weighted by molar-refractivity contribution is 9.10. The molecule has 1 aliphatic carbocycles. The molecule has 5 rings (SSSR count). The number of benzene rings is 2. The van der Waals surface area contributed by atoms with Crippen LogP contribution < -0.4 is 24.8 Å². The summed E-state index contributed by atoms with van der Waals surface area (Å²) < 4.78 is 17.1. The summed E-state index contributed by atoms with van der Waals surface area (Å²) in [5.41, 5.74) is 3.98. The number of allylic oxidation sites excluding steroid dienone is 3. The van der Waals surface area contributed by atoms with Crippen LogP contribution in [0.1, 0.15) is 45.1 Å². The van der Waals surface area contributed by atoms with E-state index in [1.165, 1.54) is 0 Å². The Balaban J connectivity index is 1.61. The van der Waals surface area contributed by atoms with Gasteiger partial charge in [-0.25, -0.2) is 0 Å². The maximum Gasteiger partial charge on any atom is 0.254 e. The van der Waals surface area contributed by atoms with Crippen LogP contribution in [0.4, 0.5) is 5.69 Å². The molecule has 2 heterocycles. The van der Waals surface area contributed by atoms with Crippen LogP contribution in [0.2, 0.25) is 0 Å². The SMILES string of the molecule is COc1ccc(NC(=O)C2=C(C)NC3=C(C(=O)CC(C)(C)C3)[C@@H]2c2cc3c(cc2Br)OCO3)cc1. The molecule has 0 spiro atoms. The number of halogens is 1. The summed E-state index contributed by atoms with van der Waals surface area (Å²) in [6, 6.07) is 10.9. The Morgan fingerprint density at radius 3 is 2.51 bits per heavy atom. The second kappa shape index (κ2) is 8.75. The Morgan fingerprint density at radius 2 is 1.83 bits per heavy atom. The molecule has 0 unspecified atom stereocenters. The lowest BCUT2D eigenvalue weighted by Crippen LogP contribution is -2.39. The van der Waals surface area contributed by atoms with Crippen molar-refractivity contribution in [3.63, 3.8) is 0 Å². The van der Waals surface area contributed by atoms with E-state index >= 15 is 0 Å². The van der Waals surface area contributed by atoms with Gasteiger partial charge in [0.2, 0.25) is 6.79 Å². The van der Waals surface area contributed by atoms with Crippen LogP contribution in [-0.4, -0.2) is 25.6 Å². The Hall–Kier alpha value is -3.26. The minimum atomic E-state index is -0.558. The largest absolute Gasteiger partial charge is 0.497 e. The van der Waals surface area contributed by atoms with E-state index in [9.17, 15) is 9.59 Å². The molecule has 2 aromatic carbocycles. The van der Waals surface area contributed by atoms with Gasteiger partial charge in [0.15, 0.2) is 17.3 Å². The molecule has 2 aliphatic heterocycles. The van der Waals surface area contributed by atoms with Crippen molar-refractivity contribution in [1.82, 2.24) is 5.32 Å². The Labute approximate surface area is 212 Å². The van der Waals surface area contributed by atoms with Crippen molar-refractivity contribution in [3.05, 3.63) is 69.0 Å². The number of anilines is 1. The Morgan fingerprint density at radius 1 is 1.14 bits per heavy atom. The second-order valence-corrected chi connectivity index (χ2v) is 10.7. The van der Waals surface area contributed by atoms with Gasteiger partial charge in [-0.1, -0.05) is 29.8 Å². The lowest BCUT2D eigenvalue weighted by atomic mass is 9.68. The van der Waals surface area contributed by atoms with Crippen molar-refractivity contribution >= 4 is 33.3 Å². The molecule has 182 valence electrons. The van der Waals surface area contributed by atoms with Gasteiger partial charge in [0.05, 0.1) is 7.11 Å². The van der Waals surface area contributed by atoms with Gasteiger partial charge in [0.25, 0.3) is 5.91 Å². The van der Waals surface area contributed by atoms with Gasteiger partial charge in [-0.05, 0) is 60.7 Å². The summed E-state index contributed by atoms with van der Waals surface area (Å²) >= 11 is 3.67. The normalized spacial score (nSPS) is 20.4. The van der Waals surface area contributed by atoms with Crippen LogP contribution in [0.15, 0.2) is 63.4 Å². The first-order valence-electron chi connectivity index (χ1n) is 11.5. The summed E-state index contributed by atoms with van der Waals surface area (Å²) in [4.78, 5) is 27.3. The molecule has 0 saturated carbocycles. The lowest BCUT2D eigenvalue weighted by molar-refractivity contribution is -0.118. The molecule has 2 aromatic rings. The highest BCUT2D eigenvalue weighted by Crippen LogP contribution is 2.50. The quantitative estimate of drug-likeness (QED) is 0.539. The highest BCUT2D eigenvalue weighted by atomic mass is 79.9. The first kappa shape index (κ1) is 23.5. The molecule has 35 heavy (non-hydrogen) atoms. The monoisotopic (exact) mass is 538 g/mol. The van der Waals surface area contributed by atoms with E-state index in [1.54, 1.807) is 31.4 Å². The van der Waals surface area contributed by atoms with E-state index in [0.29, 0.717) is 40.5 Å². The third kappa shape index (κ3) is 4.31. The van der Waals surface area contributed by atoms with Crippen molar-refractivity contribution in [2.24, 2.45) is 5.41 Å². The fourth-order valence-electron chi connectivity index (χ4n) is 5.07. The number of carbonyl (C=O) groups excluding carboxylic acids is 2. The third-order valence-corrected chi connectivity index (χ3v) is 7.32. The predicted molar refractivity (Wildman–Crippen MR) is 136 cm³/mol. The molecule has 0 radical (unpaired) electrons. The van der Waals surface area contributed by atoms with E-state index in [2.05, 4.69) is 40.4 Å². The minimum absolute atomic E-state index is 0.0422. The highest BCUT2D eigenvalue weighted by Gasteiger charge is 2.43. The number of nitrogens with one attached hydrogen (secondary N) is 2. The van der Waals surface area contributed by atoms with Crippen molar-refractivity contribution in [2.45, 2.75) is 39.5 Å². The number of dihydropyridines is 1. The maximum atomic E-state index is 13.7. The van der Waals surface area contributed by atoms with Gasteiger partial charge >= 0.3 is 0 Å². The molecule has 0 aromatic heterocycles. The average Bonchev–Trinajstić information content (AvgIpc) is 3.24. The first-order valence-corrected chi connectivity index (χ1v) is 12.2. The van der Waals surface area contributed by atoms with Gasteiger partial charge in [-0.3, -0.25) is 9.59 Å². The first-order chi connectivity index (χ1) is 16.7. The molecule has 0 saturated heterocycles. The van der Waals surface area contributed by atoms with Crippen LogP contribution in [0.5, 0.6) is 17.2 Å². The molecular weight excluding hydrogens is 512 g/mol. The Kier molecular flexibility index (Phi) is 5.87. The van der Waals surface area contributed by atoms with E-state index in [4.69, 9.17) is 14.2 Å². The minimum Gasteiger partial charge on any atom is -0.497 e. The van der Waals surface area contributed by atoms with Crippen molar-refractivity contribution in [2.75, 3.05) is 19.2 Å². The van der Waals surface area contributed by atoms with Crippen LogP contribution in [0.25, 0.3) is 0 Å². The van der Waals surface area contributed by atoms with Gasteiger partial charge < -0.3 is 24.8 Å². The number of amides is 1. The van der Waals surface area contributed by atoms with Crippen LogP contribution in [0.3, 0.4) is 0 Å². The molecule has 1 amide bonds. The maximum absolute atomic E-state index is 13.7. The number of methoxy groups -OCH3 is 1. The second-order valence-electron chi connectivity index (χ2n) is 9.84. The van der Waals surface area contributed by atoms with Crippen molar-refractivity contribution < 1.29 is 23.8 Å². The van der Waals surface area contributed by atoms with Crippen molar-refractivity contribution in [1.29, 1.82) is 0 Å². The standard InChI is InChI=1S/C27H27BrN2O5/c1-14-23(26(32)30-15-5-7-16(33-4)8-6-15)24(17-9-21-22(10-18(17)28)35-13-34-21)25-19(29-14)11-27(2,3)12-20(25)31/h5-10,24,29H,11-13H2,1-4H3,(H,30,32)/t24-/m1/s1. The summed E-state index contributed by atoms with van der Waals surface area (Å²) in [6.45, 7) is 6.20. The molecule has 0 fully saturated rings. The fourth-order valence-corrected chi connectivity index (χ4v) is 5.63. The van der Waals surface area contributed by atoms with Gasteiger partial charge in [0.1, 0.15) is 5.75 Å². The van der Waals surface area contributed by atoms with Crippen molar-refractivity contribution in [3.8, 4) is 17.2 Å². The molecular formula is C27H27BrN2O5. The summed E-state index contributed by atoms with van der Waals surface area (Å²) in [5, 5.41) is 6.39. The van der Waals surface area contributed by atoms with E-state index in [-0.39, 0.29) is 23.9 Å². The van der Waals surface area contributed by atoms with Crippen LogP contribution in [-0.2, 0) is 9.59 Å². The average molecular weight is 539 g/mol. The van der Waals surface area contributed by atoms with Gasteiger partial charge in [-0.2, -0.15) is 0 Å². The summed E-state index contributed by atoms with van der Waals surface area (Å²) in [7, 11) is 1.59. The van der Waals surface area contributed by atoms with Crippen LogP contribution >= 0.6 is 15.9 Å². The number of hydrogen-bond acceptors (Lipinski definition) is 6. The zero-order valence-corrected chi connectivity index (χ0v) is 21.7. The lowest BCUT2D eigenvalue weighted by Gasteiger charge is -2.40. The molecule has 3 aliphatic rings. The van der Waals surface area contributed by atoms with E-state index < -0.39 is 5.92 Å². The van der Waals surface area contributed by atoms with Gasteiger partial charge in [0, 0.05) is 45.0 Å². The number of fused-ring (bicyclic) bond motifs is 1. The zero-order chi connectivity index (χ0) is 24.9. The fraction of sp³-hybridized carbons (Fsp3) is 0.333.